The Hall–Kier alpha value is -1.19. The molecule has 0 aliphatic rings. The van der Waals surface area contributed by atoms with Gasteiger partial charge in [-0.3, -0.25) is 4.72 Å². The minimum atomic E-state index is -3.97. The summed E-state index contributed by atoms with van der Waals surface area (Å²) in [5.41, 5.74) is 0. The number of aromatic nitrogens is 1. The van der Waals surface area contributed by atoms with Crippen LogP contribution in [0.3, 0.4) is 0 Å². The molecule has 1 aromatic rings. The summed E-state index contributed by atoms with van der Waals surface area (Å²) in [6, 6.07) is 3.92. The van der Waals surface area contributed by atoms with Gasteiger partial charge in [-0.2, -0.15) is 0 Å². The Balaban J connectivity index is 3.15. The van der Waals surface area contributed by atoms with E-state index in [1.807, 2.05) is 0 Å². The number of primary sulfonamides is 1. The predicted molar refractivity (Wildman–Crippen MR) is 72.5 cm³/mol. The third-order valence-electron chi connectivity index (χ3n) is 2.83. The molecule has 1 rings (SSSR count). The predicted octanol–water partition coefficient (Wildman–Crippen LogP) is 0.659. The lowest BCUT2D eigenvalue weighted by molar-refractivity contribution is 0.543. The number of rotatable bonds is 5. The van der Waals surface area contributed by atoms with Crippen molar-refractivity contribution >= 4 is 25.9 Å². The Labute approximate surface area is 113 Å². The second-order valence-electron chi connectivity index (χ2n) is 4.62. The Morgan fingerprint density at radius 1 is 1.26 bits per heavy atom. The summed E-state index contributed by atoms with van der Waals surface area (Å²) < 4.78 is 47.7. The van der Waals surface area contributed by atoms with Crippen LogP contribution in [-0.4, -0.2) is 26.6 Å². The summed E-state index contributed by atoms with van der Waals surface area (Å²) >= 11 is 0. The highest BCUT2D eigenvalue weighted by Gasteiger charge is 2.32. The van der Waals surface area contributed by atoms with Crippen LogP contribution in [0.15, 0.2) is 23.2 Å². The number of pyridine rings is 1. The van der Waals surface area contributed by atoms with Crippen molar-refractivity contribution in [1.29, 1.82) is 0 Å². The first kappa shape index (κ1) is 15.9. The van der Waals surface area contributed by atoms with E-state index < -0.39 is 24.8 Å². The first-order valence-electron chi connectivity index (χ1n) is 5.52. The lowest BCUT2D eigenvalue weighted by atomic mass is 10.1. The smallest absolute Gasteiger partial charge is 0.255 e. The zero-order valence-corrected chi connectivity index (χ0v) is 12.5. The third-order valence-corrected chi connectivity index (χ3v) is 5.86. The lowest BCUT2D eigenvalue weighted by Gasteiger charge is -2.23. The van der Waals surface area contributed by atoms with E-state index in [0.717, 1.165) is 0 Å². The van der Waals surface area contributed by atoms with Crippen LogP contribution in [0.2, 0.25) is 0 Å². The molecule has 0 unspecified atom stereocenters. The number of nitrogens with two attached hydrogens (primary N) is 1. The molecule has 1 aromatic heterocycles. The number of hydrogen-bond donors (Lipinski definition) is 2. The number of sulfonamides is 2. The quantitative estimate of drug-likeness (QED) is 0.828. The average molecular weight is 307 g/mol. The van der Waals surface area contributed by atoms with Gasteiger partial charge in [0, 0.05) is 0 Å². The third kappa shape index (κ3) is 3.64. The number of nitrogens with one attached hydrogen (secondary N) is 1. The highest BCUT2D eigenvalue weighted by Crippen LogP contribution is 2.22. The van der Waals surface area contributed by atoms with E-state index in [1.165, 1.54) is 18.2 Å². The summed E-state index contributed by atoms with van der Waals surface area (Å²) in [5, 5.41) is 4.55. The molecular weight excluding hydrogens is 290 g/mol. The van der Waals surface area contributed by atoms with Crippen molar-refractivity contribution in [1.82, 2.24) is 4.98 Å². The fourth-order valence-corrected chi connectivity index (χ4v) is 2.64. The molecule has 0 aliphatic heterocycles. The van der Waals surface area contributed by atoms with Crippen molar-refractivity contribution in [3.8, 4) is 0 Å². The van der Waals surface area contributed by atoms with Crippen LogP contribution in [0.1, 0.15) is 27.2 Å². The maximum atomic E-state index is 12.1. The monoisotopic (exact) mass is 307 g/mol. The summed E-state index contributed by atoms with van der Waals surface area (Å²) in [6.45, 7) is 4.88. The van der Waals surface area contributed by atoms with E-state index >= 15 is 0 Å². The topological polar surface area (TPSA) is 119 Å². The van der Waals surface area contributed by atoms with Gasteiger partial charge in [-0.1, -0.05) is 13.0 Å². The molecule has 0 saturated heterocycles. The molecule has 108 valence electrons. The number of hydrogen-bond acceptors (Lipinski definition) is 5. The fraction of sp³-hybridized carbons (Fsp3) is 0.500. The molecule has 0 atom stereocenters. The molecule has 0 saturated carbocycles. The molecular formula is C10H17N3O4S2. The van der Waals surface area contributed by atoms with Gasteiger partial charge in [-0.05, 0) is 32.4 Å². The van der Waals surface area contributed by atoms with Crippen molar-refractivity contribution in [3.05, 3.63) is 18.2 Å². The molecule has 0 amide bonds. The Kier molecular flexibility index (Phi) is 4.23. The molecule has 19 heavy (non-hydrogen) atoms. The van der Waals surface area contributed by atoms with Crippen LogP contribution in [-0.2, 0) is 20.0 Å². The van der Waals surface area contributed by atoms with Gasteiger partial charge in [0.1, 0.15) is 5.82 Å². The Morgan fingerprint density at radius 3 is 2.32 bits per heavy atom. The zero-order chi connectivity index (χ0) is 14.9. The highest BCUT2D eigenvalue weighted by atomic mass is 32.2. The van der Waals surface area contributed by atoms with E-state index in [2.05, 4.69) is 9.71 Å². The summed E-state index contributed by atoms with van der Waals surface area (Å²) in [7, 11) is -7.64. The molecule has 1 heterocycles. The molecule has 0 bridgehead atoms. The maximum absolute atomic E-state index is 12.1. The standard InChI is InChI=1S/C10H17N3O4S2/c1-4-10(2,3)19(16,17)13-8-6-5-7-9(12-8)18(11,14)15/h5-7H,4H2,1-3H3,(H,12,13)(H2,11,14,15). The van der Waals surface area contributed by atoms with Gasteiger partial charge in [-0.25, -0.2) is 27.0 Å². The van der Waals surface area contributed by atoms with Crippen LogP contribution in [0.25, 0.3) is 0 Å². The van der Waals surface area contributed by atoms with Crippen LogP contribution in [0.4, 0.5) is 5.82 Å². The van der Waals surface area contributed by atoms with E-state index in [4.69, 9.17) is 5.14 Å². The molecule has 9 heteroatoms. The molecule has 3 N–H and O–H groups in total. The van der Waals surface area contributed by atoms with Gasteiger partial charge in [0.15, 0.2) is 5.03 Å². The molecule has 0 fully saturated rings. The van der Waals surface area contributed by atoms with Gasteiger partial charge in [-0.15, -0.1) is 0 Å². The van der Waals surface area contributed by atoms with E-state index in [-0.39, 0.29) is 10.8 Å². The molecule has 0 aliphatic carbocycles. The van der Waals surface area contributed by atoms with Crippen LogP contribution >= 0.6 is 0 Å². The molecule has 0 radical (unpaired) electrons. The van der Waals surface area contributed by atoms with Gasteiger partial charge in [0.25, 0.3) is 10.0 Å². The van der Waals surface area contributed by atoms with Crippen molar-refractivity contribution < 1.29 is 16.8 Å². The first-order valence-corrected chi connectivity index (χ1v) is 8.55. The zero-order valence-electron chi connectivity index (χ0n) is 10.9. The van der Waals surface area contributed by atoms with E-state index in [1.54, 1.807) is 20.8 Å². The SMILES string of the molecule is CCC(C)(C)S(=O)(=O)Nc1cccc(S(N)(=O)=O)n1. The second kappa shape index (κ2) is 5.06. The molecule has 7 nitrogen and oxygen atoms in total. The fourth-order valence-electron chi connectivity index (χ4n) is 1.10. The van der Waals surface area contributed by atoms with Crippen molar-refractivity contribution in [3.63, 3.8) is 0 Å². The summed E-state index contributed by atoms with van der Waals surface area (Å²) in [4.78, 5) is 3.67. The molecule has 0 spiro atoms. The van der Waals surface area contributed by atoms with Crippen LogP contribution < -0.4 is 9.86 Å². The normalized spacial score (nSPS) is 13.3. The average Bonchev–Trinajstić information content (AvgIpc) is 2.27. The minimum absolute atomic E-state index is 0.0759. The van der Waals surface area contributed by atoms with Crippen molar-refractivity contribution in [2.45, 2.75) is 37.0 Å². The van der Waals surface area contributed by atoms with Gasteiger partial charge >= 0.3 is 0 Å². The van der Waals surface area contributed by atoms with Crippen molar-refractivity contribution in [2.24, 2.45) is 5.14 Å². The second-order valence-corrected chi connectivity index (χ2v) is 8.45. The van der Waals surface area contributed by atoms with Gasteiger partial charge in [0.2, 0.25) is 10.0 Å². The van der Waals surface area contributed by atoms with Crippen LogP contribution in [0, 0.1) is 0 Å². The van der Waals surface area contributed by atoms with Gasteiger partial charge in [0.05, 0.1) is 4.75 Å². The largest absolute Gasteiger partial charge is 0.267 e. The number of nitrogens with zero attached hydrogens (tertiary/aromatic N) is 1. The number of anilines is 1. The summed E-state index contributed by atoms with van der Waals surface area (Å²) in [5.74, 6) is -0.0759. The van der Waals surface area contributed by atoms with Crippen LogP contribution in [0.5, 0.6) is 0 Å². The Morgan fingerprint density at radius 2 is 1.84 bits per heavy atom. The Bertz CT molecular complexity index is 666. The van der Waals surface area contributed by atoms with Crippen molar-refractivity contribution in [2.75, 3.05) is 4.72 Å². The summed E-state index contributed by atoms with van der Waals surface area (Å²) in [6.07, 6.45) is 0.400. The van der Waals surface area contributed by atoms with E-state index in [0.29, 0.717) is 6.42 Å². The maximum Gasteiger partial charge on any atom is 0.255 e. The van der Waals surface area contributed by atoms with E-state index in [9.17, 15) is 16.8 Å². The molecule has 0 aromatic carbocycles. The first-order chi connectivity index (χ1) is 8.49. The highest BCUT2D eigenvalue weighted by molar-refractivity contribution is 7.94. The lowest BCUT2D eigenvalue weighted by Crippen LogP contribution is -2.36. The minimum Gasteiger partial charge on any atom is -0.267 e. The van der Waals surface area contributed by atoms with Gasteiger partial charge < -0.3 is 0 Å².